The van der Waals surface area contributed by atoms with Gasteiger partial charge in [0.15, 0.2) is 0 Å². The Morgan fingerprint density at radius 2 is 2.18 bits per heavy atom. The van der Waals surface area contributed by atoms with Crippen LogP contribution in [0.15, 0.2) is 24.4 Å². The third-order valence-corrected chi connectivity index (χ3v) is 3.88. The van der Waals surface area contributed by atoms with Crippen LogP contribution in [0.1, 0.15) is 11.1 Å². The maximum Gasteiger partial charge on any atom is 0.407 e. The molecule has 2 aromatic rings. The standard InChI is InChI=1S/C16H21N3O2.H2S/c1-19(2)6-5-12-9-17-15-4-3-11(8-14(12)15)7-13-10-21-16(20)18-13;/h3-4,8-9,13,17H,5-7,10H2,1-2H3,(H,18,20);1H2. The van der Waals surface area contributed by atoms with Crippen molar-refractivity contribution in [1.82, 2.24) is 15.2 Å². The van der Waals surface area contributed by atoms with Crippen LogP contribution >= 0.6 is 13.5 Å². The van der Waals surface area contributed by atoms with Crippen molar-refractivity contribution in [2.24, 2.45) is 0 Å². The number of alkyl carbamates (subject to hydrolysis) is 1. The Bertz CT molecular complexity index is 654. The van der Waals surface area contributed by atoms with E-state index in [1.807, 2.05) is 0 Å². The number of carbonyl (C=O) groups is 1. The summed E-state index contributed by atoms with van der Waals surface area (Å²) in [6.07, 6.45) is 3.62. The van der Waals surface area contributed by atoms with Crippen LogP contribution in [0.5, 0.6) is 0 Å². The van der Waals surface area contributed by atoms with Crippen LogP contribution in [0.2, 0.25) is 0 Å². The molecular weight excluding hydrogens is 298 g/mol. The number of aromatic amines is 1. The predicted octanol–water partition coefficient (Wildman–Crippen LogP) is 2.04. The maximum absolute atomic E-state index is 11.1. The Hall–Kier alpha value is -1.66. The fraction of sp³-hybridized carbons (Fsp3) is 0.438. The monoisotopic (exact) mass is 321 g/mol. The first-order valence-electron chi connectivity index (χ1n) is 7.29. The lowest BCUT2D eigenvalue weighted by Gasteiger charge is -2.09. The fourth-order valence-corrected chi connectivity index (χ4v) is 2.72. The number of likely N-dealkylation sites (N-methyl/N-ethyl adjacent to an activating group) is 1. The van der Waals surface area contributed by atoms with E-state index in [-0.39, 0.29) is 25.6 Å². The van der Waals surface area contributed by atoms with E-state index in [2.05, 4.69) is 53.7 Å². The second kappa shape index (κ2) is 7.07. The van der Waals surface area contributed by atoms with Crippen LogP contribution in [0, 0.1) is 0 Å². The van der Waals surface area contributed by atoms with E-state index in [9.17, 15) is 4.79 Å². The zero-order valence-electron chi connectivity index (χ0n) is 13.0. The molecule has 2 heterocycles. The lowest BCUT2D eigenvalue weighted by atomic mass is 10.0. The predicted molar refractivity (Wildman–Crippen MR) is 92.9 cm³/mol. The molecule has 1 amide bonds. The number of nitrogens with one attached hydrogen (secondary N) is 2. The SMILES string of the molecule is CN(C)CCc1c[nH]c2ccc(CC3COC(=O)N3)cc12.S. The first kappa shape index (κ1) is 16.7. The molecule has 0 spiro atoms. The minimum absolute atomic E-state index is 0. The molecule has 0 saturated carbocycles. The van der Waals surface area contributed by atoms with E-state index in [0.717, 1.165) is 19.4 Å². The number of hydrogen-bond acceptors (Lipinski definition) is 3. The van der Waals surface area contributed by atoms with Crippen molar-refractivity contribution in [1.29, 1.82) is 0 Å². The van der Waals surface area contributed by atoms with E-state index >= 15 is 0 Å². The van der Waals surface area contributed by atoms with E-state index in [1.165, 1.54) is 22.0 Å². The molecule has 1 aliphatic heterocycles. The number of cyclic esters (lactones) is 1. The highest BCUT2D eigenvalue weighted by Gasteiger charge is 2.22. The van der Waals surface area contributed by atoms with Crippen LogP contribution in [0.4, 0.5) is 4.79 Å². The molecule has 1 aliphatic rings. The van der Waals surface area contributed by atoms with E-state index in [0.29, 0.717) is 6.61 Å². The second-order valence-corrected chi connectivity index (χ2v) is 5.89. The van der Waals surface area contributed by atoms with Crippen LogP contribution in [0.3, 0.4) is 0 Å². The largest absolute Gasteiger partial charge is 0.447 e. The second-order valence-electron chi connectivity index (χ2n) is 5.89. The number of benzene rings is 1. The summed E-state index contributed by atoms with van der Waals surface area (Å²) >= 11 is 0. The first-order chi connectivity index (χ1) is 10.1. The van der Waals surface area contributed by atoms with Gasteiger partial charge in [-0.3, -0.25) is 0 Å². The van der Waals surface area contributed by atoms with Crippen molar-refractivity contribution in [3.8, 4) is 0 Å². The number of rotatable bonds is 5. The number of H-pyrrole nitrogens is 1. The highest BCUT2D eigenvalue weighted by Crippen LogP contribution is 2.21. The summed E-state index contributed by atoms with van der Waals surface area (Å²) < 4.78 is 4.94. The molecule has 1 unspecified atom stereocenters. The molecule has 6 heteroatoms. The highest BCUT2D eigenvalue weighted by atomic mass is 32.1. The van der Waals surface area contributed by atoms with Crippen LogP contribution < -0.4 is 5.32 Å². The van der Waals surface area contributed by atoms with Crippen molar-refractivity contribution in [3.63, 3.8) is 0 Å². The van der Waals surface area contributed by atoms with Crippen molar-refractivity contribution in [2.45, 2.75) is 18.9 Å². The Morgan fingerprint density at radius 1 is 1.36 bits per heavy atom. The molecule has 22 heavy (non-hydrogen) atoms. The third kappa shape index (κ3) is 3.75. The Balaban J connectivity index is 0.00000176. The summed E-state index contributed by atoms with van der Waals surface area (Å²) in [7, 11) is 4.17. The average Bonchev–Trinajstić information content (AvgIpc) is 3.03. The molecule has 1 fully saturated rings. The fourth-order valence-electron chi connectivity index (χ4n) is 2.72. The minimum Gasteiger partial charge on any atom is -0.447 e. The zero-order chi connectivity index (χ0) is 14.8. The van der Waals surface area contributed by atoms with Gasteiger partial charge in [-0.1, -0.05) is 6.07 Å². The molecule has 120 valence electrons. The number of hydrogen-bond donors (Lipinski definition) is 2. The molecule has 1 atom stereocenters. The highest BCUT2D eigenvalue weighted by molar-refractivity contribution is 7.59. The van der Waals surface area contributed by atoms with Gasteiger partial charge in [-0.25, -0.2) is 4.79 Å². The molecule has 3 rings (SSSR count). The molecule has 0 radical (unpaired) electrons. The number of ether oxygens (including phenoxy) is 1. The normalized spacial score (nSPS) is 17.4. The van der Waals surface area contributed by atoms with Gasteiger partial charge in [-0.15, -0.1) is 0 Å². The smallest absolute Gasteiger partial charge is 0.407 e. The Morgan fingerprint density at radius 3 is 2.86 bits per heavy atom. The van der Waals surface area contributed by atoms with Crippen LogP contribution in [-0.4, -0.2) is 49.3 Å². The van der Waals surface area contributed by atoms with Crippen molar-refractivity contribution in [2.75, 3.05) is 27.2 Å². The van der Waals surface area contributed by atoms with Gasteiger partial charge >= 0.3 is 6.09 Å². The van der Waals surface area contributed by atoms with Gasteiger partial charge in [0.05, 0.1) is 6.04 Å². The summed E-state index contributed by atoms with van der Waals surface area (Å²) in [5.74, 6) is 0. The number of aromatic nitrogens is 1. The molecule has 5 nitrogen and oxygen atoms in total. The molecule has 1 aromatic heterocycles. The van der Waals surface area contributed by atoms with Crippen LogP contribution in [-0.2, 0) is 17.6 Å². The van der Waals surface area contributed by atoms with Gasteiger partial charge in [0.2, 0.25) is 0 Å². The van der Waals surface area contributed by atoms with Gasteiger partial charge in [0.25, 0.3) is 0 Å². The average molecular weight is 321 g/mol. The zero-order valence-corrected chi connectivity index (χ0v) is 14.0. The van der Waals surface area contributed by atoms with Gasteiger partial charge in [0.1, 0.15) is 6.61 Å². The van der Waals surface area contributed by atoms with Gasteiger partial charge < -0.3 is 19.9 Å². The van der Waals surface area contributed by atoms with E-state index in [4.69, 9.17) is 4.74 Å². The number of carbonyl (C=O) groups excluding carboxylic acids is 1. The first-order valence-corrected chi connectivity index (χ1v) is 7.29. The lowest BCUT2D eigenvalue weighted by Crippen LogP contribution is -2.28. The summed E-state index contributed by atoms with van der Waals surface area (Å²) in [5.41, 5.74) is 3.73. The quantitative estimate of drug-likeness (QED) is 0.886. The van der Waals surface area contributed by atoms with Crippen molar-refractivity contribution < 1.29 is 9.53 Å². The van der Waals surface area contributed by atoms with Crippen molar-refractivity contribution >= 4 is 30.5 Å². The summed E-state index contributed by atoms with van der Waals surface area (Å²) in [6.45, 7) is 1.49. The summed E-state index contributed by atoms with van der Waals surface area (Å²) in [5, 5.41) is 4.10. The summed E-state index contributed by atoms with van der Waals surface area (Å²) in [6, 6.07) is 6.53. The molecule has 2 N–H and O–H groups in total. The molecule has 1 saturated heterocycles. The topological polar surface area (TPSA) is 57.4 Å². The number of amides is 1. The van der Waals surface area contributed by atoms with Crippen molar-refractivity contribution in [3.05, 3.63) is 35.5 Å². The Labute approximate surface area is 137 Å². The maximum atomic E-state index is 11.1. The summed E-state index contributed by atoms with van der Waals surface area (Å²) in [4.78, 5) is 16.6. The number of nitrogens with zero attached hydrogens (tertiary/aromatic N) is 1. The van der Waals surface area contributed by atoms with E-state index < -0.39 is 0 Å². The van der Waals surface area contributed by atoms with Gasteiger partial charge in [-0.2, -0.15) is 13.5 Å². The molecule has 1 aromatic carbocycles. The minimum atomic E-state index is -0.311. The number of fused-ring (bicyclic) bond motifs is 1. The lowest BCUT2D eigenvalue weighted by molar-refractivity contribution is 0.177. The van der Waals surface area contributed by atoms with E-state index in [1.54, 1.807) is 0 Å². The van der Waals surface area contributed by atoms with Gasteiger partial charge in [0, 0.05) is 23.6 Å². The molecular formula is C16H23N3O2S. The van der Waals surface area contributed by atoms with Gasteiger partial charge in [-0.05, 0) is 50.2 Å². The van der Waals surface area contributed by atoms with Crippen LogP contribution in [0.25, 0.3) is 10.9 Å². The third-order valence-electron chi connectivity index (χ3n) is 3.88. The molecule has 0 aliphatic carbocycles. The molecule has 0 bridgehead atoms. The Kier molecular flexibility index (Phi) is 5.37.